The number of benzene rings is 2. The fraction of sp³-hybridized carbons (Fsp3) is 0.318. The molecule has 0 bridgehead atoms. The van der Waals surface area contributed by atoms with Gasteiger partial charge in [0, 0.05) is 10.9 Å². The van der Waals surface area contributed by atoms with Gasteiger partial charge in [0.05, 0.1) is 19.8 Å². The highest BCUT2D eigenvalue weighted by Crippen LogP contribution is 2.30. The van der Waals surface area contributed by atoms with Crippen molar-refractivity contribution in [2.45, 2.75) is 25.7 Å². The lowest BCUT2D eigenvalue weighted by Gasteiger charge is -2.08. The zero-order chi connectivity index (χ0) is 18.6. The van der Waals surface area contributed by atoms with Crippen molar-refractivity contribution >= 4 is 16.9 Å². The maximum Gasteiger partial charge on any atom is 0.310 e. The van der Waals surface area contributed by atoms with E-state index in [-0.39, 0.29) is 19.0 Å². The van der Waals surface area contributed by atoms with Crippen molar-refractivity contribution in [2.75, 3.05) is 20.3 Å². The Balaban J connectivity index is 1.28. The molecule has 0 saturated carbocycles. The standard InChI is InChI=1S/C22H22O5/c1-24-18-5-7-19(8-6-18)25-9-10-26-22(23)13-17-14-27-21-12-16-4-2-3-15(16)11-20(17)21/h5-8,11-12,14H,2-4,9-10,13H2,1H3. The van der Waals surface area contributed by atoms with Crippen LogP contribution in [0.3, 0.4) is 0 Å². The molecule has 2 aromatic carbocycles. The number of carbonyl (C=O) groups is 1. The van der Waals surface area contributed by atoms with Crippen LogP contribution in [0.4, 0.5) is 0 Å². The van der Waals surface area contributed by atoms with Crippen LogP contribution in [0.25, 0.3) is 11.0 Å². The van der Waals surface area contributed by atoms with Gasteiger partial charge in [-0.05, 0) is 66.8 Å². The summed E-state index contributed by atoms with van der Waals surface area (Å²) < 4.78 is 21.6. The Labute approximate surface area is 157 Å². The van der Waals surface area contributed by atoms with Gasteiger partial charge >= 0.3 is 5.97 Å². The monoisotopic (exact) mass is 366 g/mol. The molecule has 3 aromatic rings. The third-order valence-corrected chi connectivity index (χ3v) is 4.88. The minimum Gasteiger partial charge on any atom is -0.497 e. The molecule has 0 fully saturated rings. The Morgan fingerprint density at radius 2 is 1.78 bits per heavy atom. The summed E-state index contributed by atoms with van der Waals surface area (Å²) in [6.45, 7) is 0.508. The molecule has 5 nitrogen and oxygen atoms in total. The van der Waals surface area contributed by atoms with E-state index in [1.807, 2.05) is 24.3 Å². The quantitative estimate of drug-likeness (QED) is 0.465. The van der Waals surface area contributed by atoms with Crippen molar-refractivity contribution in [3.05, 3.63) is 59.4 Å². The van der Waals surface area contributed by atoms with E-state index >= 15 is 0 Å². The molecule has 0 saturated heterocycles. The molecule has 0 atom stereocenters. The van der Waals surface area contributed by atoms with E-state index in [0.29, 0.717) is 12.4 Å². The number of methoxy groups -OCH3 is 1. The van der Waals surface area contributed by atoms with Gasteiger partial charge in [0.1, 0.15) is 30.3 Å². The molecule has 0 amide bonds. The van der Waals surface area contributed by atoms with Gasteiger partial charge in [-0.15, -0.1) is 0 Å². The van der Waals surface area contributed by atoms with E-state index in [9.17, 15) is 4.79 Å². The summed E-state index contributed by atoms with van der Waals surface area (Å²) in [5.74, 6) is 1.20. The van der Waals surface area contributed by atoms with E-state index in [4.69, 9.17) is 18.6 Å². The summed E-state index contributed by atoms with van der Waals surface area (Å²) in [5.41, 5.74) is 4.45. The number of ether oxygens (including phenoxy) is 3. The molecule has 1 aliphatic rings. The minimum absolute atomic E-state index is 0.203. The van der Waals surface area contributed by atoms with E-state index in [0.717, 1.165) is 35.1 Å². The zero-order valence-electron chi connectivity index (χ0n) is 15.3. The molecule has 1 heterocycles. The van der Waals surface area contributed by atoms with Crippen LogP contribution in [-0.4, -0.2) is 26.3 Å². The molecule has 0 spiro atoms. The first kappa shape index (κ1) is 17.5. The molecule has 0 radical (unpaired) electrons. The van der Waals surface area contributed by atoms with Crippen LogP contribution >= 0.6 is 0 Å². The summed E-state index contributed by atoms with van der Waals surface area (Å²) >= 11 is 0. The third kappa shape index (κ3) is 3.92. The summed E-state index contributed by atoms with van der Waals surface area (Å²) in [6, 6.07) is 11.5. The van der Waals surface area contributed by atoms with Gasteiger partial charge in [-0.1, -0.05) is 0 Å². The van der Waals surface area contributed by atoms with Gasteiger partial charge < -0.3 is 18.6 Å². The van der Waals surface area contributed by atoms with E-state index in [1.165, 1.54) is 17.5 Å². The van der Waals surface area contributed by atoms with Gasteiger partial charge in [-0.3, -0.25) is 4.79 Å². The van der Waals surface area contributed by atoms with Crippen molar-refractivity contribution in [3.63, 3.8) is 0 Å². The van der Waals surface area contributed by atoms with Gasteiger partial charge in [0.2, 0.25) is 0 Å². The molecule has 1 aromatic heterocycles. The number of esters is 1. The number of furan rings is 1. The molecule has 0 N–H and O–H groups in total. The van der Waals surface area contributed by atoms with Crippen molar-refractivity contribution in [2.24, 2.45) is 0 Å². The van der Waals surface area contributed by atoms with Crippen LogP contribution in [0.5, 0.6) is 11.5 Å². The minimum atomic E-state index is -0.281. The second-order valence-electron chi connectivity index (χ2n) is 6.65. The Morgan fingerprint density at radius 3 is 2.56 bits per heavy atom. The highest BCUT2D eigenvalue weighted by Gasteiger charge is 2.17. The Bertz CT molecular complexity index is 939. The number of fused-ring (bicyclic) bond motifs is 2. The number of carbonyl (C=O) groups excluding carboxylic acids is 1. The average Bonchev–Trinajstić information content (AvgIpc) is 3.30. The van der Waals surface area contributed by atoms with Crippen molar-refractivity contribution < 1.29 is 23.4 Å². The first-order chi connectivity index (χ1) is 13.2. The third-order valence-electron chi connectivity index (χ3n) is 4.88. The van der Waals surface area contributed by atoms with Gasteiger partial charge in [-0.25, -0.2) is 0 Å². The average molecular weight is 366 g/mol. The molecular weight excluding hydrogens is 344 g/mol. The lowest BCUT2D eigenvalue weighted by atomic mass is 10.0. The van der Waals surface area contributed by atoms with E-state index in [2.05, 4.69) is 12.1 Å². The van der Waals surface area contributed by atoms with Crippen LogP contribution in [0.15, 0.2) is 47.1 Å². The lowest BCUT2D eigenvalue weighted by Crippen LogP contribution is -2.13. The topological polar surface area (TPSA) is 57.9 Å². The Hall–Kier alpha value is -2.95. The summed E-state index contributed by atoms with van der Waals surface area (Å²) in [4.78, 5) is 12.1. The Kier molecular flexibility index (Phi) is 5.01. The predicted octanol–water partition coefficient (Wildman–Crippen LogP) is 4.09. The SMILES string of the molecule is COc1ccc(OCCOC(=O)Cc2coc3cc4c(cc23)CCC4)cc1. The van der Waals surface area contributed by atoms with Crippen molar-refractivity contribution in [3.8, 4) is 11.5 Å². The largest absolute Gasteiger partial charge is 0.497 e. The molecule has 1 aliphatic carbocycles. The smallest absolute Gasteiger partial charge is 0.310 e. The van der Waals surface area contributed by atoms with Crippen LogP contribution in [0.2, 0.25) is 0 Å². The first-order valence-electron chi connectivity index (χ1n) is 9.17. The Morgan fingerprint density at radius 1 is 1.04 bits per heavy atom. The number of hydrogen-bond donors (Lipinski definition) is 0. The normalized spacial score (nSPS) is 12.8. The van der Waals surface area contributed by atoms with E-state index in [1.54, 1.807) is 13.4 Å². The van der Waals surface area contributed by atoms with E-state index < -0.39 is 0 Å². The summed E-state index contributed by atoms with van der Waals surface area (Å²) in [5, 5.41) is 1.02. The van der Waals surface area contributed by atoms with Crippen LogP contribution in [0, 0.1) is 0 Å². The van der Waals surface area contributed by atoms with Crippen LogP contribution < -0.4 is 9.47 Å². The van der Waals surface area contributed by atoms with Gasteiger partial charge in [-0.2, -0.15) is 0 Å². The second-order valence-corrected chi connectivity index (χ2v) is 6.65. The molecule has 0 unspecified atom stereocenters. The van der Waals surface area contributed by atoms with Crippen LogP contribution in [0.1, 0.15) is 23.1 Å². The van der Waals surface area contributed by atoms with Gasteiger partial charge in [0.25, 0.3) is 0 Å². The molecular formula is C22H22O5. The number of rotatable bonds is 7. The van der Waals surface area contributed by atoms with Crippen LogP contribution in [-0.2, 0) is 28.8 Å². The fourth-order valence-electron chi connectivity index (χ4n) is 3.48. The number of hydrogen-bond acceptors (Lipinski definition) is 5. The lowest BCUT2D eigenvalue weighted by molar-refractivity contribution is -0.143. The second kappa shape index (κ2) is 7.74. The summed E-state index contributed by atoms with van der Waals surface area (Å²) in [7, 11) is 1.62. The maximum atomic E-state index is 12.1. The highest BCUT2D eigenvalue weighted by atomic mass is 16.6. The highest BCUT2D eigenvalue weighted by molar-refractivity contribution is 5.87. The summed E-state index contributed by atoms with van der Waals surface area (Å²) in [6.07, 6.45) is 5.26. The van der Waals surface area contributed by atoms with Crippen molar-refractivity contribution in [1.29, 1.82) is 0 Å². The fourth-order valence-corrected chi connectivity index (χ4v) is 3.48. The predicted molar refractivity (Wildman–Crippen MR) is 101 cm³/mol. The number of aryl methyl sites for hydroxylation is 2. The molecule has 5 heteroatoms. The van der Waals surface area contributed by atoms with Crippen molar-refractivity contribution in [1.82, 2.24) is 0 Å². The first-order valence-corrected chi connectivity index (χ1v) is 9.17. The molecule has 140 valence electrons. The molecule has 0 aliphatic heterocycles. The zero-order valence-corrected chi connectivity index (χ0v) is 15.3. The maximum absolute atomic E-state index is 12.1. The molecule has 4 rings (SSSR count). The molecule has 27 heavy (non-hydrogen) atoms. The van der Waals surface area contributed by atoms with Gasteiger partial charge in [0.15, 0.2) is 0 Å².